The van der Waals surface area contributed by atoms with E-state index in [2.05, 4.69) is 22.8 Å². The van der Waals surface area contributed by atoms with Crippen LogP contribution in [0, 0.1) is 0 Å². The lowest BCUT2D eigenvalue weighted by atomic mass is 10.1. The zero-order valence-corrected chi connectivity index (χ0v) is 14.4. The van der Waals surface area contributed by atoms with Crippen LogP contribution in [-0.2, 0) is 6.54 Å². The molecule has 25 heavy (non-hydrogen) atoms. The molecule has 2 N–H and O–H groups in total. The molecular formula is C21H18ClN3. The Balaban J connectivity index is 1.82. The number of nitrogens with two attached hydrogens (primary N) is 1. The number of hydrogen-bond donors (Lipinski definition) is 1. The van der Waals surface area contributed by atoms with Gasteiger partial charge < -0.3 is 10.3 Å². The van der Waals surface area contributed by atoms with E-state index in [1.165, 1.54) is 5.56 Å². The Kier molecular flexibility index (Phi) is 4.26. The van der Waals surface area contributed by atoms with Gasteiger partial charge in [0.2, 0.25) is 0 Å². The number of imidazole rings is 1. The first-order valence-electron chi connectivity index (χ1n) is 8.22. The Labute approximate surface area is 151 Å². The molecule has 1 heterocycles. The maximum atomic E-state index is 6.56. The van der Waals surface area contributed by atoms with Crippen molar-refractivity contribution in [3.63, 3.8) is 0 Å². The van der Waals surface area contributed by atoms with Gasteiger partial charge in [0, 0.05) is 11.6 Å². The van der Waals surface area contributed by atoms with Crippen molar-refractivity contribution >= 4 is 22.6 Å². The maximum absolute atomic E-state index is 6.56. The van der Waals surface area contributed by atoms with Crippen LogP contribution in [0.3, 0.4) is 0 Å². The summed E-state index contributed by atoms with van der Waals surface area (Å²) in [7, 11) is 0. The normalized spacial score (nSPS) is 12.4. The summed E-state index contributed by atoms with van der Waals surface area (Å²) >= 11 is 6.00. The number of para-hydroxylation sites is 2. The molecule has 3 nitrogen and oxygen atoms in total. The Morgan fingerprint density at radius 3 is 2.32 bits per heavy atom. The van der Waals surface area contributed by atoms with Gasteiger partial charge in [0.15, 0.2) is 0 Å². The molecule has 1 unspecified atom stereocenters. The Bertz CT molecular complexity index is 991. The Morgan fingerprint density at radius 1 is 0.880 bits per heavy atom. The molecule has 0 aliphatic heterocycles. The summed E-state index contributed by atoms with van der Waals surface area (Å²) in [4.78, 5) is 4.81. The van der Waals surface area contributed by atoms with Gasteiger partial charge in [-0.15, -0.1) is 0 Å². The summed E-state index contributed by atoms with van der Waals surface area (Å²) in [6.45, 7) is 0.734. The van der Waals surface area contributed by atoms with Gasteiger partial charge in [-0.25, -0.2) is 4.98 Å². The van der Waals surface area contributed by atoms with Gasteiger partial charge in [0.1, 0.15) is 5.82 Å². The predicted octanol–water partition coefficient (Wildman–Crippen LogP) is 4.79. The first kappa shape index (κ1) is 15.9. The second-order valence-corrected chi connectivity index (χ2v) is 6.50. The van der Waals surface area contributed by atoms with Gasteiger partial charge in [-0.3, -0.25) is 0 Å². The van der Waals surface area contributed by atoms with Crippen molar-refractivity contribution in [1.29, 1.82) is 0 Å². The summed E-state index contributed by atoms with van der Waals surface area (Å²) in [5.74, 6) is 0.854. The minimum absolute atomic E-state index is 0.312. The van der Waals surface area contributed by atoms with E-state index in [9.17, 15) is 0 Å². The molecule has 0 aliphatic carbocycles. The first-order chi connectivity index (χ1) is 12.2. The van der Waals surface area contributed by atoms with Crippen molar-refractivity contribution in [1.82, 2.24) is 9.55 Å². The van der Waals surface area contributed by atoms with Crippen LogP contribution in [0.2, 0.25) is 5.02 Å². The molecule has 0 saturated carbocycles. The molecule has 4 aromatic rings. The lowest BCUT2D eigenvalue weighted by Crippen LogP contribution is -2.18. The number of halogens is 1. The molecule has 0 radical (unpaired) electrons. The predicted molar refractivity (Wildman–Crippen MR) is 103 cm³/mol. The number of fused-ring (bicyclic) bond motifs is 1. The summed E-state index contributed by atoms with van der Waals surface area (Å²) in [6, 6.07) is 25.8. The maximum Gasteiger partial charge on any atom is 0.131 e. The average Bonchev–Trinajstić information content (AvgIpc) is 3.01. The Hall–Kier alpha value is -2.62. The SMILES string of the molecule is NC(c1ccc(Cl)cc1)c1nc2ccccc2n1Cc1ccccc1. The minimum Gasteiger partial charge on any atom is -0.322 e. The van der Waals surface area contributed by atoms with E-state index in [1.807, 2.05) is 60.7 Å². The standard InChI is InChI=1S/C21H18ClN3/c22-17-12-10-16(11-13-17)20(23)21-24-18-8-4-5-9-19(18)25(21)14-15-6-2-1-3-7-15/h1-13,20H,14,23H2. The van der Waals surface area contributed by atoms with Crippen LogP contribution in [-0.4, -0.2) is 9.55 Å². The fraction of sp³-hybridized carbons (Fsp3) is 0.0952. The summed E-state index contributed by atoms with van der Waals surface area (Å²) in [5.41, 5.74) is 10.8. The number of hydrogen-bond acceptors (Lipinski definition) is 2. The van der Waals surface area contributed by atoms with E-state index >= 15 is 0 Å². The fourth-order valence-corrected chi connectivity index (χ4v) is 3.21. The Morgan fingerprint density at radius 2 is 1.56 bits per heavy atom. The van der Waals surface area contributed by atoms with Crippen LogP contribution < -0.4 is 5.73 Å². The van der Waals surface area contributed by atoms with Gasteiger partial charge in [-0.1, -0.05) is 66.2 Å². The van der Waals surface area contributed by atoms with Crippen LogP contribution >= 0.6 is 11.6 Å². The van der Waals surface area contributed by atoms with Crippen LogP contribution in [0.25, 0.3) is 11.0 Å². The molecule has 0 saturated heterocycles. The quantitative estimate of drug-likeness (QED) is 0.577. The summed E-state index contributed by atoms with van der Waals surface area (Å²) in [6.07, 6.45) is 0. The van der Waals surface area contributed by atoms with Crippen LogP contribution in [0.4, 0.5) is 0 Å². The minimum atomic E-state index is -0.312. The number of benzene rings is 3. The van der Waals surface area contributed by atoms with Gasteiger partial charge in [0.25, 0.3) is 0 Å². The lowest BCUT2D eigenvalue weighted by molar-refractivity contribution is 0.688. The van der Waals surface area contributed by atoms with Crippen LogP contribution in [0.5, 0.6) is 0 Å². The highest BCUT2D eigenvalue weighted by Gasteiger charge is 2.18. The molecule has 0 spiro atoms. The van der Waals surface area contributed by atoms with Gasteiger partial charge in [0.05, 0.1) is 17.1 Å². The summed E-state index contributed by atoms with van der Waals surface area (Å²) < 4.78 is 2.20. The first-order valence-corrected chi connectivity index (χ1v) is 8.60. The molecular weight excluding hydrogens is 330 g/mol. The molecule has 1 aromatic heterocycles. The van der Waals surface area contributed by atoms with Crippen molar-refractivity contribution in [2.75, 3.05) is 0 Å². The highest BCUT2D eigenvalue weighted by Crippen LogP contribution is 2.26. The third-order valence-electron chi connectivity index (χ3n) is 4.37. The molecule has 124 valence electrons. The zero-order valence-electron chi connectivity index (χ0n) is 13.6. The van der Waals surface area contributed by atoms with Crippen molar-refractivity contribution in [3.8, 4) is 0 Å². The second-order valence-electron chi connectivity index (χ2n) is 6.06. The smallest absolute Gasteiger partial charge is 0.131 e. The average molecular weight is 348 g/mol. The third-order valence-corrected chi connectivity index (χ3v) is 4.63. The number of aromatic nitrogens is 2. The van der Waals surface area contributed by atoms with E-state index in [4.69, 9.17) is 22.3 Å². The van der Waals surface area contributed by atoms with Gasteiger partial charge >= 0.3 is 0 Å². The van der Waals surface area contributed by atoms with Crippen molar-refractivity contribution in [3.05, 3.63) is 101 Å². The monoisotopic (exact) mass is 347 g/mol. The second kappa shape index (κ2) is 6.71. The number of rotatable bonds is 4. The van der Waals surface area contributed by atoms with E-state index in [0.29, 0.717) is 5.02 Å². The van der Waals surface area contributed by atoms with E-state index in [-0.39, 0.29) is 6.04 Å². The van der Waals surface area contributed by atoms with E-state index < -0.39 is 0 Å². The molecule has 0 amide bonds. The van der Waals surface area contributed by atoms with Crippen molar-refractivity contribution in [2.45, 2.75) is 12.6 Å². The molecule has 0 bridgehead atoms. The molecule has 4 rings (SSSR count). The van der Waals surface area contributed by atoms with E-state index in [0.717, 1.165) is 29.0 Å². The van der Waals surface area contributed by atoms with Crippen LogP contribution in [0.15, 0.2) is 78.9 Å². The van der Waals surface area contributed by atoms with Gasteiger partial charge in [-0.2, -0.15) is 0 Å². The molecule has 0 aliphatic rings. The zero-order chi connectivity index (χ0) is 17.2. The largest absolute Gasteiger partial charge is 0.322 e. The highest BCUT2D eigenvalue weighted by molar-refractivity contribution is 6.30. The topological polar surface area (TPSA) is 43.8 Å². The number of nitrogens with zero attached hydrogens (tertiary/aromatic N) is 2. The molecule has 0 fully saturated rings. The fourth-order valence-electron chi connectivity index (χ4n) is 3.08. The molecule has 3 aromatic carbocycles. The van der Waals surface area contributed by atoms with Crippen LogP contribution in [0.1, 0.15) is 23.0 Å². The van der Waals surface area contributed by atoms with Crippen molar-refractivity contribution < 1.29 is 0 Å². The molecule has 4 heteroatoms. The summed E-state index contributed by atoms with van der Waals surface area (Å²) in [5, 5.41) is 0.703. The third kappa shape index (κ3) is 3.16. The highest BCUT2D eigenvalue weighted by atomic mass is 35.5. The molecule has 1 atom stereocenters. The van der Waals surface area contributed by atoms with Crippen molar-refractivity contribution in [2.24, 2.45) is 5.73 Å². The van der Waals surface area contributed by atoms with Gasteiger partial charge in [-0.05, 0) is 35.4 Å². The lowest BCUT2D eigenvalue weighted by Gasteiger charge is -2.15. The van der Waals surface area contributed by atoms with E-state index in [1.54, 1.807) is 0 Å².